The second-order valence-electron chi connectivity index (χ2n) is 4.91. The topological polar surface area (TPSA) is 70.2 Å². The van der Waals surface area contributed by atoms with Crippen LogP contribution in [0.1, 0.15) is 18.5 Å². The van der Waals surface area contributed by atoms with Crippen LogP contribution in [0.3, 0.4) is 0 Å². The number of aromatic nitrogens is 2. The van der Waals surface area contributed by atoms with E-state index in [0.717, 1.165) is 44.8 Å². The highest BCUT2D eigenvalue weighted by Crippen LogP contribution is 2.17. The number of nitrogens with one attached hydrogen (secondary N) is 2. The molecule has 1 aromatic heterocycles. The van der Waals surface area contributed by atoms with Crippen LogP contribution in [0.5, 0.6) is 0 Å². The summed E-state index contributed by atoms with van der Waals surface area (Å²) in [6.45, 7) is 4.20. The number of H-pyrrole nitrogens is 1. The van der Waals surface area contributed by atoms with Crippen molar-refractivity contribution >= 4 is 5.91 Å². The van der Waals surface area contributed by atoms with Gasteiger partial charge in [-0.25, -0.2) is 0 Å². The summed E-state index contributed by atoms with van der Waals surface area (Å²) in [4.78, 5) is 14.4. The van der Waals surface area contributed by atoms with Crippen LogP contribution >= 0.6 is 0 Å². The predicted octanol–water partition coefficient (Wildman–Crippen LogP) is 0.384. The number of rotatable bonds is 6. The van der Waals surface area contributed by atoms with Gasteiger partial charge in [0.15, 0.2) is 0 Å². The number of methoxy groups -OCH3 is 1. The lowest BCUT2D eigenvalue weighted by atomic mass is 9.96. The molecule has 19 heavy (non-hydrogen) atoms. The maximum Gasteiger partial charge on any atom is 0.223 e. The van der Waals surface area contributed by atoms with Gasteiger partial charge in [-0.15, -0.1) is 0 Å². The molecule has 2 N–H and O–H groups in total. The van der Waals surface area contributed by atoms with Crippen molar-refractivity contribution in [1.29, 1.82) is 0 Å². The van der Waals surface area contributed by atoms with Crippen LogP contribution < -0.4 is 5.32 Å². The molecule has 0 aromatic carbocycles. The van der Waals surface area contributed by atoms with Crippen molar-refractivity contribution in [2.75, 3.05) is 33.4 Å². The zero-order valence-corrected chi connectivity index (χ0v) is 11.4. The van der Waals surface area contributed by atoms with Crippen LogP contribution in [0, 0.1) is 5.92 Å². The Bertz CT molecular complexity index is 372. The number of aromatic amines is 1. The van der Waals surface area contributed by atoms with Crippen LogP contribution in [0.2, 0.25) is 0 Å². The second kappa shape index (κ2) is 7.25. The zero-order valence-electron chi connectivity index (χ0n) is 11.4. The van der Waals surface area contributed by atoms with Gasteiger partial charge in [0, 0.05) is 25.8 Å². The SMILES string of the molecule is COCCN1CCC(C(=O)NCc2ccn[nH]2)CC1. The third kappa shape index (κ3) is 4.33. The predicted molar refractivity (Wildman–Crippen MR) is 71.5 cm³/mol. The highest BCUT2D eigenvalue weighted by Gasteiger charge is 2.24. The molecule has 6 heteroatoms. The summed E-state index contributed by atoms with van der Waals surface area (Å²) >= 11 is 0. The first-order valence-corrected chi connectivity index (χ1v) is 6.77. The van der Waals surface area contributed by atoms with Crippen molar-refractivity contribution < 1.29 is 9.53 Å². The average Bonchev–Trinajstić information content (AvgIpc) is 2.96. The highest BCUT2D eigenvalue weighted by atomic mass is 16.5. The number of carbonyl (C=O) groups excluding carboxylic acids is 1. The maximum atomic E-state index is 12.0. The van der Waals surface area contributed by atoms with Crippen LogP contribution in [-0.4, -0.2) is 54.4 Å². The van der Waals surface area contributed by atoms with Crippen LogP contribution in [0.15, 0.2) is 12.3 Å². The fourth-order valence-electron chi connectivity index (χ4n) is 2.35. The van der Waals surface area contributed by atoms with Gasteiger partial charge in [-0.05, 0) is 32.0 Å². The van der Waals surface area contributed by atoms with E-state index in [1.54, 1.807) is 13.3 Å². The largest absolute Gasteiger partial charge is 0.383 e. The fraction of sp³-hybridized carbons (Fsp3) is 0.692. The number of likely N-dealkylation sites (tertiary alicyclic amines) is 1. The molecule has 0 aliphatic carbocycles. The Hall–Kier alpha value is -1.40. The molecule has 1 aliphatic heterocycles. The van der Waals surface area contributed by atoms with Crippen molar-refractivity contribution in [3.05, 3.63) is 18.0 Å². The summed E-state index contributed by atoms with van der Waals surface area (Å²) < 4.78 is 5.07. The van der Waals surface area contributed by atoms with Crippen LogP contribution in [0.25, 0.3) is 0 Å². The first-order chi connectivity index (χ1) is 9.29. The molecule has 2 heterocycles. The van der Waals surface area contributed by atoms with Gasteiger partial charge in [-0.2, -0.15) is 5.10 Å². The van der Waals surface area contributed by atoms with Gasteiger partial charge in [-0.1, -0.05) is 0 Å². The average molecular weight is 266 g/mol. The molecule has 6 nitrogen and oxygen atoms in total. The molecule has 106 valence electrons. The molecule has 1 aliphatic rings. The molecule has 1 amide bonds. The Morgan fingerprint density at radius 3 is 3.00 bits per heavy atom. The minimum Gasteiger partial charge on any atom is -0.383 e. The number of amides is 1. The number of ether oxygens (including phenoxy) is 1. The van der Waals surface area contributed by atoms with Crippen molar-refractivity contribution in [3.63, 3.8) is 0 Å². The fourth-order valence-corrected chi connectivity index (χ4v) is 2.35. The summed E-state index contributed by atoms with van der Waals surface area (Å²) in [5.41, 5.74) is 0.936. The molecule has 0 radical (unpaired) electrons. The molecule has 1 aromatic rings. The van der Waals surface area contributed by atoms with E-state index in [-0.39, 0.29) is 11.8 Å². The first kappa shape index (κ1) is 14.0. The standard InChI is InChI=1S/C13H22N4O2/c1-19-9-8-17-6-3-11(4-7-17)13(18)14-10-12-2-5-15-16-12/h2,5,11H,3-4,6-10H2,1H3,(H,14,18)(H,15,16). The van der Waals surface area contributed by atoms with E-state index in [1.807, 2.05) is 6.07 Å². The first-order valence-electron chi connectivity index (χ1n) is 6.77. The van der Waals surface area contributed by atoms with E-state index < -0.39 is 0 Å². The van der Waals surface area contributed by atoms with E-state index in [9.17, 15) is 4.79 Å². The molecule has 0 atom stereocenters. The lowest BCUT2D eigenvalue weighted by Gasteiger charge is -2.30. The smallest absolute Gasteiger partial charge is 0.223 e. The van der Waals surface area contributed by atoms with Crippen molar-refractivity contribution in [2.45, 2.75) is 19.4 Å². The van der Waals surface area contributed by atoms with Gasteiger partial charge in [-0.3, -0.25) is 9.89 Å². The van der Waals surface area contributed by atoms with Crippen molar-refractivity contribution in [1.82, 2.24) is 20.4 Å². The molecule has 0 unspecified atom stereocenters. The van der Waals surface area contributed by atoms with E-state index in [2.05, 4.69) is 20.4 Å². The van der Waals surface area contributed by atoms with Gasteiger partial charge in [0.2, 0.25) is 5.91 Å². The summed E-state index contributed by atoms with van der Waals surface area (Å²) in [6.07, 6.45) is 3.55. The molecule has 0 bridgehead atoms. The molecular weight excluding hydrogens is 244 g/mol. The third-order valence-electron chi connectivity index (χ3n) is 3.58. The van der Waals surface area contributed by atoms with Gasteiger partial charge < -0.3 is 15.0 Å². The number of hydrogen-bond acceptors (Lipinski definition) is 4. The van der Waals surface area contributed by atoms with Gasteiger partial charge in [0.05, 0.1) is 18.8 Å². The minimum absolute atomic E-state index is 0.140. The molecule has 2 rings (SSSR count). The van der Waals surface area contributed by atoms with Crippen molar-refractivity contribution in [2.24, 2.45) is 5.92 Å². The molecule has 1 saturated heterocycles. The van der Waals surface area contributed by atoms with Gasteiger partial charge in [0.1, 0.15) is 0 Å². The Kier molecular flexibility index (Phi) is 5.35. The summed E-state index contributed by atoms with van der Waals surface area (Å²) in [7, 11) is 1.72. The molecule has 1 fully saturated rings. The van der Waals surface area contributed by atoms with E-state index in [0.29, 0.717) is 6.54 Å². The summed E-state index contributed by atoms with van der Waals surface area (Å²) in [6, 6.07) is 1.87. The third-order valence-corrected chi connectivity index (χ3v) is 3.58. The monoisotopic (exact) mass is 266 g/mol. The number of hydrogen-bond donors (Lipinski definition) is 2. The van der Waals surface area contributed by atoms with E-state index in [4.69, 9.17) is 4.74 Å². The second-order valence-corrected chi connectivity index (χ2v) is 4.91. The quantitative estimate of drug-likeness (QED) is 0.781. The Balaban J connectivity index is 1.67. The van der Waals surface area contributed by atoms with Crippen LogP contribution in [-0.2, 0) is 16.1 Å². The van der Waals surface area contributed by atoms with E-state index >= 15 is 0 Å². The number of piperidine rings is 1. The molecule has 0 saturated carbocycles. The lowest BCUT2D eigenvalue weighted by Crippen LogP contribution is -2.41. The Morgan fingerprint density at radius 2 is 2.37 bits per heavy atom. The number of carbonyl (C=O) groups is 1. The zero-order chi connectivity index (χ0) is 13.5. The Morgan fingerprint density at radius 1 is 1.58 bits per heavy atom. The van der Waals surface area contributed by atoms with Crippen LogP contribution in [0.4, 0.5) is 0 Å². The normalized spacial score (nSPS) is 17.5. The molecule has 0 spiro atoms. The maximum absolute atomic E-state index is 12.0. The lowest BCUT2D eigenvalue weighted by molar-refractivity contribution is -0.126. The highest BCUT2D eigenvalue weighted by molar-refractivity contribution is 5.78. The van der Waals surface area contributed by atoms with Crippen molar-refractivity contribution in [3.8, 4) is 0 Å². The Labute approximate surface area is 113 Å². The summed E-state index contributed by atoms with van der Waals surface area (Å²) in [5.74, 6) is 0.294. The van der Waals surface area contributed by atoms with E-state index in [1.165, 1.54) is 0 Å². The summed E-state index contributed by atoms with van der Waals surface area (Å²) in [5, 5.41) is 9.65. The minimum atomic E-state index is 0.140. The van der Waals surface area contributed by atoms with Gasteiger partial charge >= 0.3 is 0 Å². The molecular formula is C13H22N4O2. The number of nitrogens with zero attached hydrogens (tertiary/aromatic N) is 2. The van der Waals surface area contributed by atoms with Gasteiger partial charge in [0.25, 0.3) is 0 Å².